The average Bonchev–Trinajstić information content (AvgIpc) is 3.11. The fraction of sp³-hybridized carbons (Fsp3) is 0.294. The summed E-state index contributed by atoms with van der Waals surface area (Å²) in [6, 6.07) is 1.73. The topological polar surface area (TPSA) is 101 Å². The summed E-state index contributed by atoms with van der Waals surface area (Å²) in [6.45, 7) is 2.71. The van der Waals surface area contributed by atoms with Crippen LogP contribution in [-0.2, 0) is 16.0 Å². The van der Waals surface area contributed by atoms with E-state index < -0.39 is 11.1 Å². The van der Waals surface area contributed by atoms with Crippen molar-refractivity contribution < 1.29 is 18.8 Å². The average molecular weight is 359 g/mol. The highest BCUT2D eigenvalue weighted by molar-refractivity contribution is 8.18. The molecule has 1 aliphatic rings. The minimum atomic E-state index is -0.441. The summed E-state index contributed by atoms with van der Waals surface area (Å²) in [6.07, 6.45) is 6.86. The molecule has 0 unspecified atom stereocenters. The molecule has 2 aromatic heterocycles. The number of rotatable bonds is 6. The van der Waals surface area contributed by atoms with Gasteiger partial charge in [0.05, 0.1) is 11.3 Å². The lowest BCUT2D eigenvalue weighted by atomic mass is 10.1. The molecule has 3 heterocycles. The predicted octanol–water partition coefficient (Wildman–Crippen LogP) is 2.61. The number of pyridine rings is 1. The number of thioether (sulfide) groups is 1. The highest BCUT2D eigenvalue weighted by atomic mass is 32.2. The number of carbonyl (C=O) groups excluding carboxylic acids is 3. The van der Waals surface area contributed by atoms with Gasteiger partial charge in [-0.05, 0) is 24.2 Å². The van der Waals surface area contributed by atoms with Crippen molar-refractivity contribution in [2.24, 2.45) is 0 Å². The number of carbonyl (C=O) groups is 3. The second-order valence-corrected chi connectivity index (χ2v) is 6.61. The van der Waals surface area contributed by atoms with E-state index in [-0.39, 0.29) is 17.2 Å². The Labute approximate surface area is 148 Å². The van der Waals surface area contributed by atoms with E-state index in [4.69, 9.17) is 4.42 Å². The number of hydrogen-bond donors (Lipinski definition) is 2. The van der Waals surface area contributed by atoms with Crippen LogP contribution >= 0.6 is 11.8 Å². The van der Waals surface area contributed by atoms with Crippen LogP contribution in [0.5, 0.6) is 0 Å². The smallest absolute Gasteiger partial charge is 0.290 e. The first kappa shape index (κ1) is 17.2. The molecule has 1 aliphatic heterocycles. The quantitative estimate of drug-likeness (QED) is 0.607. The molecule has 0 aliphatic carbocycles. The maximum atomic E-state index is 12.0. The summed E-state index contributed by atoms with van der Waals surface area (Å²) in [7, 11) is 0. The van der Waals surface area contributed by atoms with Crippen LogP contribution in [0.25, 0.3) is 17.0 Å². The van der Waals surface area contributed by atoms with E-state index in [0.29, 0.717) is 23.5 Å². The van der Waals surface area contributed by atoms with Gasteiger partial charge in [-0.3, -0.25) is 24.7 Å². The Bertz CT molecular complexity index is 872. The Morgan fingerprint density at radius 3 is 2.96 bits per heavy atom. The molecule has 0 spiro atoms. The van der Waals surface area contributed by atoms with Crippen molar-refractivity contribution in [3.05, 3.63) is 34.7 Å². The zero-order valence-corrected chi connectivity index (χ0v) is 14.4. The molecular weight excluding hydrogens is 342 g/mol. The van der Waals surface area contributed by atoms with Crippen molar-refractivity contribution in [2.45, 2.75) is 26.2 Å². The fourth-order valence-electron chi connectivity index (χ4n) is 2.43. The van der Waals surface area contributed by atoms with E-state index in [0.717, 1.165) is 30.0 Å². The van der Waals surface area contributed by atoms with Crippen molar-refractivity contribution in [3.63, 3.8) is 0 Å². The lowest BCUT2D eigenvalue weighted by Crippen LogP contribution is -2.26. The van der Waals surface area contributed by atoms with Gasteiger partial charge in [0.1, 0.15) is 11.3 Å². The number of hydrogen-bond acceptors (Lipinski definition) is 6. The number of unbranched alkanes of at least 4 members (excludes halogenated alkanes) is 1. The van der Waals surface area contributed by atoms with Gasteiger partial charge in [0.15, 0.2) is 0 Å². The van der Waals surface area contributed by atoms with Crippen LogP contribution in [0.2, 0.25) is 0 Å². The summed E-state index contributed by atoms with van der Waals surface area (Å²) in [4.78, 5) is 39.2. The zero-order valence-electron chi connectivity index (χ0n) is 13.6. The molecule has 3 amide bonds. The number of amides is 3. The van der Waals surface area contributed by atoms with Gasteiger partial charge in [0, 0.05) is 36.0 Å². The summed E-state index contributed by atoms with van der Waals surface area (Å²) in [5, 5.41) is 5.38. The molecule has 1 saturated heterocycles. The second-order valence-electron chi connectivity index (χ2n) is 5.60. The highest BCUT2D eigenvalue weighted by Gasteiger charge is 2.25. The molecular formula is C17H17N3O4S. The Balaban J connectivity index is 1.81. The molecule has 0 bridgehead atoms. The molecule has 0 radical (unpaired) electrons. The lowest BCUT2D eigenvalue weighted by molar-refractivity contribution is -0.120. The summed E-state index contributed by atoms with van der Waals surface area (Å²) in [5.74, 6) is -0.0949. The Morgan fingerprint density at radius 1 is 1.40 bits per heavy atom. The van der Waals surface area contributed by atoms with E-state index in [9.17, 15) is 14.4 Å². The minimum Gasteiger partial charge on any atom is -0.456 e. The number of aromatic nitrogens is 1. The molecule has 1 fully saturated rings. The lowest BCUT2D eigenvalue weighted by Gasteiger charge is -2.04. The predicted molar refractivity (Wildman–Crippen MR) is 94.7 cm³/mol. The number of nitrogens with zero attached hydrogens (tertiary/aromatic N) is 1. The molecule has 3 rings (SSSR count). The van der Waals surface area contributed by atoms with Gasteiger partial charge in [-0.15, -0.1) is 0 Å². The van der Waals surface area contributed by atoms with Gasteiger partial charge in [0.25, 0.3) is 11.1 Å². The van der Waals surface area contributed by atoms with Gasteiger partial charge >= 0.3 is 0 Å². The van der Waals surface area contributed by atoms with Crippen LogP contribution < -0.4 is 10.6 Å². The SMILES string of the molecule is CCCCNC(=O)Cc1cncc2cc(/C=C3\SC(=O)NC3=O)oc12. The first-order valence-corrected chi connectivity index (χ1v) is 8.76. The standard InChI is InChI=1S/C17H17N3O4S/c1-2-3-4-19-14(21)6-11-9-18-8-10-5-12(24-15(10)11)7-13-16(22)20-17(23)25-13/h5,7-9H,2-4,6H2,1H3,(H,19,21)(H,20,22,23)/b13-7-. The molecule has 0 atom stereocenters. The molecule has 0 saturated carbocycles. The number of fused-ring (bicyclic) bond motifs is 1. The van der Waals surface area contributed by atoms with Crippen molar-refractivity contribution in [2.75, 3.05) is 6.54 Å². The maximum absolute atomic E-state index is 12.0. The first-order valence-electron chi connectivity index (χ1n) is 7.95. The second kappa shape index (κ2) is 7.52. The molecule has 2 N–H and O–H groups in total. The molecule has 8 heteroatoms. The van der Waals surface area contributed by atoms with Crippen molar-refractivity contribution >= 4 is 45.9 Å². The Morgan fingerprint density at radius 2 is 2.24 bits per heavy atom. The van der Waals surface area contributed by atoms with Gasteiger partial charge < -0.3 is 9.73 Å². The van der Waals surface area contributed by atoms with Crippen LogP contribution in [0, 0.1) is 0 Å². The maximum Gasteiger partial charge on any atom is 0.290 e. The molecule has 2 aromatic rings. The first-order chi connectivity index (χ1) is 12.1. The van der Waals surface area contributed by atoms with Crippen LogP contribution in [0.4, 0.5) is 4.79 Å². The Kier molecular flexibility index (Phi) is 5.18. The van der Waals surface area contributed by atoms with Crippen molar-refractivity contribution in [3.8, 4) is 0 Å². The van der Waals surface area contributed by atoms with Crippen LogP contribution in [0.3, 0.4) is 0 Å². The number of imide groups is 1. The third-order valence-corrected chi connectivity index (χ3v) is 4.45. The molecule has 130 valence electrons. The molecule has 0 aromatic carbocycles. The molecule has 25 heavy (non-hydrogen) atoms. The normalized spacial score (nSPS) is 15.8. The van der Waals surface area contributed by atoms with E-state index >= 15 is 0 Å². The monoisotopic (exact) mass is 359 g/mol. The molecule has 7 nitrogen and oxygen atoms in total. The summed E-state index contributed by atoms with van der Waals surface area (Å²) >= 11 is 0.826. The number of furan rings is 1. The van der Waals surface area contributed by atoms with E-state index in [1.54, 1.807) is 18.5 Å². The van der Waals surface area contributed by atoms with Gasteiger partial charge in [-0.2, -0.15) is 0 Å². The summed E-state index contributed by atoms with van der Waals surface area (Å²) < 4.78 is 5.77. The van der Waals surface area contributed by atoms with Gasteiger partial charge in [-0.25, -0.2) is 0 Å². The van der Waals surface area contributed by atoms with Gasteiger partial charge in [0.2, 0.25) is 5.91 Å². The number of nitrogens with one attached hydrogen (secondary N) is 2. The largest absolute Gasteiger partial charge is 0.456 e. The van der Waals surface area contributed by atoms with Crippen molar-refractivity contribution in [1.82, 2.24) is 15.6 Å². The fourth-order valence-corrected chi connectivity index (χ4v) is 3.09. The highest BCUT2D eigenvalue weighted by Crippen LogP contribution is 2.29. The van der Waals surface area contributed by atoms with Crippen LogP contribution in [0.15, 0.2) is 27.8 Å². The van der Waals surface area contributed by atoms with Crippen LogP contribution in [0.1, 0.15) is 31.1 Å². The minimum absolute atomic E-state index is 0.0876. The third-order valence-electron chi connectivity index (χ3n) is 3.63. The zero-order chi connectivity index (χ0) is 17.8. The third kappa shape index (κ3) is 4.08. The van der Waals surface area contributed by atoms with E-state index in [1.807, 2.05) is 0 Å². The van der Waals surface area contributed by atoms with E-state index in [2.05, 4.69) is 22.5 Å². The summed E-state index contributed by atoms with van der Waals surface area (Å²) in [5.41, 5.74) is 1.23. The van der Waals surface area contributed by atoms with Crippen LogP contribution in [-0.4, -0.2) is 28.6 Å². The Hall–Kier alpha value is -2.61. The van der Waals surface area contributed by atoms with Crippen molar-refractivity contribution in [1.29, 1.82) is 0 Å². The van der Waals surface area contributed by atoms with Gasteiger partial charge in [-0.1, -0.05) is 13.3 Å². The van der Waals surface area contributed by atoms with E-state index in [1.165, 1.54) is 6.08 Å².